The number of aliphatic carboxylic acids is 1. The molecule has 0 spiro atoms. The van der Waals surface area contributed by atoms with E-state index < -0.39 is 18.6 Å². The molecule has 0 aromatic heterocycles. The summed E-state index contributed by atoms with van der Waals surface area (Å²) in [7, 11) is 1.35. The Kier molecular flexibility index (Phi) is 4.34. The number of halogens is 1. The highest BCUT2D eigenvalue weighted by molar-refractivity contribution is 6.30. The van der Waals surface area contributed by atoms with Gasteiger partial charge in [0.25, 0.3) is 0 Å². The lowest BCUT2D eigenvalue weighted by Crippen LogP contribution is -2.34. The second-order valence-corrected chi connectivity index (χ2v) is 3.96. The lowest BCUT2D eigenvalue weighted by molar-refractivity contribution is -0.137. The van der Waals surface area contributed by atoms with Crippen LogP contribution in [0.5, 0.6) is 5.75 Å². The fourth-order valence-electron chi connectivity index (χ4n) is 1.17. The average molecular weight is 258 g/mol. The van der Waals surface area contributed by atoms with Crippen molar-refractivity contribution in [1.82, 2.24) is 4.90 Å². The molecule has 1 N–H and O–H groups in total. The van der Waals surface area contributed by atoms with Crippen molar-refractivity contribution in [3.63, 3.8) is 0 Å². The van der Waals surface area contributed by atoms with Gasteiger partial charge >= 0.3 is 12.1 Å². The first-order valence-electron chi connectivity index (χ1n) is 4.81. The quantitative estimate of drug-likeness (QED) is 0.901. The molecule has 0 aliphatic rings. The summed E-state index contributed by atoms with van der Waals surface area (Å²) in [5, 5.41) is 9.07. The smallest absolute Gasteiger partial charge is 0.415 e. The third-order valence-electron chi connectivity index (χ3n) is 2.02. The maximum atomic E-state index is 11.5. The number of amides is 1. The third-order valence-corrected chi connectivity index (χ3v) is 2.25. The van der Waals surface area contributed by atoms with Crippen LogP contribution < -0.4 is 4.74 Å². The van der Waals surface area contributed by atoms with Gasteiger partial charge in [-0.1, -0.05) is 11.6 Å². The van der Waals surface area contributed by atoms with Crippen LogP contribution in [0.4, 0.5) is 4.79 Å². The van der Waals surface area contributed by atoms with Crippen LogP contribution in [0.25, 0.3) is 0 Å². The van der Waals surface area contributed by atoms with Crippen molar-refractivity contribution in [1.29, 1.82) is 0 Å². The van der Waals surface area contributed by atoms with E-state index >= 15 is 0 Å². The molecule has 1 aromatic carbocycles. The maximum Gasteiger partial charge on any atom is 0.415 e. The first kappa shape index (κ1) is 13.3. The van der Waals surface area contributed by atoms with Gasteiger partial charge in [-0.15, -0.1) is 0 Å². The van der Waals surface area contributed by atoms with E-state index in [1.165, 1.54) is 7.05 Å². The van der Waals surface area contributed by atoms with Crippen LogP contribution in [0.2, 0.25) is 5.02 Å². The molecule has 5 nitrogen and oxygen atoms in total. The number of hydrogen-bond donors (Lipinski definition) is 1. The van der Waals surface area contributed by atoms with Gasteiger partial charge in [-0.3, -0.25) is 9.69 Å². The Bertz CT molecular complexity index is 447. The zero-order chi connectivity index (χ0) is 13.0. The number of aryl methyl sites for hydroxylation is 1. The average Bonchev–Trinajstić information content (AvgIpc) is 2.21. The summed E-state index contributed by atoms with van der Waals surface area (Å²) in [5.74, 6) is -0.742. The number of carbonyl (C=O) groups is 2. The fourth-order valence-corrected chi connectivity index (χ4v) is 1.39. The molecule has 1 aromatic rings. The van der Waals surface area contributed by atoms with Crippen molar-refractivity contribution in [2.75, 3.05) is 13.6 Å². The Balaban J connectivity index is 2.71. The second kappa shape index (κ2) is 5.54. The summed E-state index contributed by atoms with van der Waals surface area (Å²) in [4.78, 5) is 22.9. The zero-order valence-electron chi connectivity index (χ0n) is 9.44. The number of carbonyl (C=O) groups excluding carboxylic acids is 1. The van der Waals surface area contributed by atoms with E-state index in [1.54, 1.807) is 25.1 Å². The minimum atomic E-state index is -1.10. The van der Waals surface area contributed by atoms with Crippen LogP contribution in [0, 0.1) is 6.92 Å². The molecule has 92 valence electrons. The highest BCUT2D eigenvalue weighted by atomic mass is 35.5. The SMILES string of the molecule is Cc1cc(Cl)ccc1OC(=O)N(C)CC(=O)O. The molecule has 0 radical (unpaired) electrons. The van der Waals surface area contributed by atoms with Gasteiger partial charge in [-0.2, -0.15) is 0 Å². The van der Waals surface area contributed by atoms with E-state index in [1.807, 2.05) is 0 Å². The van der Waals surface area contributed by atoms with E-state index in [2.05, 4.69) is 0 Å². The van der Waals surface area contributed by atoms with Gasteiger partial charge in [0.2, 0.25) is 0 Å². The standard InChI is InChI=1S/C11H12ClNO4/c1-7-5-8(12)3-4-9(7)17-11(16)13(2)6-10(14)15/h3-5H,6H2,1-2H3,(H,14,15). The molecular weight excluding hydrogens is 246 g/mol. The largest absolute Gasteiger partial charge is 0.480 e. The molecule has 0 fully saturated rings. The molecule has 0 saturated carbocycles. The molecule has 6 heteroatoms. The monoisotopic (exact) mass is 257 g/mol. The Morgan fingerprint density at radius 2 is 2.12 bits per heavy atom. The van der Waals surface area contributed by atoms with Gasteiger partial charge in [-0.05, 0) is 30.7 Å². The molecule has 0 atom stereocenters. The number of carboxylic acid groups (broad SMARTS) is 1. The fraction of sp³-hybridized carbons (Fsp3) is 0.273. The van der Waals surface area contributed by atoms with Crippen molar-refractivity contribution in [2.45, 2.75) is 6.92 Å². The number of nitrogens with zero attached hydrogens (tertiary/aromatic N) is 1. The number of likely N-dealkylation sites (N-methyl/N-ethyl adjacent to an activating group) is 1. The van der Waals surface area contributed by atoms with Crippen LogP contribution in [0.1, 0.15) is 5.56 Å². The van der Waals surface area contributed by atoms with Crippen LogP contribution in [-0.2, 0) is 4.79 Å². The van der Waals surface area contributed by atoms with Crippen LogP contribution >= 0.6 is 11.6 Å². The number of rotatable bonds is 3. The second-order valence-electron chi connectivity index (χ2n) is 3.53. The van der Waals surface area contributed by atoms with E-state index in [9.17, 15) is 9.59 Å². The molecule has 1 rings (SSSR count). The molecule has 0 unspecified atom stereocenters. The molecular formula is C11H12ClNO4. The van der Waals surface area contributed by atoms with Crippen molar-refractivity contribution in [3.8, 4) is 5.75 Å². The summed E-state index contributed by atoms with van der Waals surface area (Å²) in [5.41, 5.74) is 0.703. The topological polar surface area (TPSA) is 66.8 Å². The predicted octanol–water partition coefficient (Wildman–Crippen LogP) is 2.16. The van der Waals surface area contributed by atoms with E-state index in [0.29, 0.717) is 16.3 Å². The van der Waals surface area contributed by atoms with E-state index in [0.717, 1.165) is 4.90 Å². The number of hydrogen-bond acceptors (Lipinski definition) is 3. The predicted molar refractivity (Wildman–Crippen MR) is 62.5 cm³/mol. The first-order valence-corrected chi connectivity index (χ1v) is 5.19. The molecule has 1 amide bonds. The lowest BCUT2D eigenvalue weighted by Gasteiger charge is -2.15. The number of benzene rings is 1. The van der Waals surface area contributed by atoms with Gasteiger partial charge in [0, 0.05) is 12.1 Å². The number of ether oxygens (including phenoxy) is 1. The Labute approximate surface area is 104 Å². The molecule has 0 aliphatic heterocycles. The highest BCUT2D eigenvalue weighted by Gasteiger charge is 2.15. The third kappa shape index (κ3) is 3.96. The number of carboxylic acids is 1. The normalized spacial score (nSPS) is 9.82. The molecule has 0 bridgehead atoms. The van der Waals surface area contributed by atoms with Gasteiger partial charge in [0.05, 0.1) is 0 Å². The van der Waals surface area contributed by atoms with Crippen LogP contribution in [-0.4, -0.2) is 35.7 Å². The molecule has 0 aliphatic carbocycles. The van der Waals surface area contributed by atoms with Gasteiger partial charge in [0.15, 0.2) is 0 Å². The molecule has 17 heavy (non-hydrogen) atoms. The van der Waals surface area contributed by atoms with E-state index in [-0.39, 0.29) is 0 Å². The summed E-state index contributed by atoms with van der Waals surface area (Å²) in [6.45, 7) is 1.33. The minimum Gasteiger partial charge on any atom is -0.480 e. The van der Waals surface area contributed by atoms with Gasteiger partial charge in [0.1, 0.15) is 12.3 Å². The molecule has 0 heterocycles. The lowest BCUT2D eigenvalue weighted by atomic mass is 10.2. The molecule has 0 saturated heterocycles. The Hall–Kier alpha value is -1.75. The Morgan fingerprint density at radius 3 is 2.65 bits per heavy atom. The van der Waals surface area contributed by atoms with E-state index in [4.69, 9.17) is 21.4 Å². The van der Waals surface area contributed by atoms with Crippen molar-refractivity contribution >= 4 is 23.7 Å². The van der Waals surface area contributed by atoms with Gasteiger partial charge < -0.3 is 9.84 Å². The summed E-state index contributed by atoms with van der Waals surface area (Å²) >= 11 is 5.76. The summed E-state index contributed by atoms with van der Waals surface area (Å²) < 4.78 is 5.03. The zero-order valence-corrected chi connectivity index (χ0v) is 10.2. The van der Waals surface area contributed by atoms with Crippen LogP contribution in [0.15, 0.2) is 18.2 Å². The first-order chi connectivity index (χ1) is 7.90. The maximum absolute atomic E-state index is 11.5. The summed E-state index contributed by atoms with van der Waals surface area (Å²) in [6, 6.07) is 4.81. The Morgan fingerprint density at radius 1 is 1.47 bits per heavy atom. The highest BCUT2D eigenvalue weighted by Crippen LogP contribution is 2.22. The summed E-state index contributed by atoms with van der Waals surface area (Å²) in [6.07, 6.45) is -0.724. The van der Waals surface area contributed by atoms with Crippen molar-refractivity contribution < 1.29 is 19.4 Å². The van der Waals surface area contributed by atoms with Gasteiger partial charge in [-0.25, -0.2) is 4.79 Å². The van der Waals surface area contributed by atoms with Crippen LogP contribution in [0.3, 0.4) is 0 Å². The van der Waals surface area contributed by atoms with Crippen molar-refractivity contribution in [2.24, 2.45) is 0 Å². The minimum absolute atomic E-state index is 0.358. The van der Waals surface area contributed by atoms with Crippen molar-refractivity contribution in [3.05, 3.63) is 28.8 Å².